The molecule has 0 saturated carbocycles. The lowest BCUT2D eigenvalue weighted by Gasteiger charge is -2.22. The van der Waals surface area contributed by atoms with Gasteiger partial charge in [0, 0.05) is 0 Å². The molecular formula is C18H24N4O3. The molecule has 4 amide bonds. The van der Waals surface area contributed by atoms with Crippen LogP contribution >= 0.6 is 0 Å². The number of carbonyl (C=O) groups is 3. The second-order valence-corrected chi connectivity index (χ2v) is 6.91. The van der Waals surface area contributed by atoms with E-state index in [1.807, 2.05) is 35.2 Å². The standard InChI is InChI=1S/C18H24N4O3/c1-18(10-9-14-7-3-2-4-8-14)16(24)22(17(25)19-18)20-15(23)13-21-11-5-6-12-21/h2-4,7-8H,5-6,9-13H2,1H3,(H,19,25)(H,20,23)/t18-/m0/s1. The first-order valence-corrected chi connectivity index (χ1v) is 8.70. The van der Waals surface area contributed by atoms with E-state index in [1.54, 1.807) is 6.92 Å². The molecule has 0 spiro atoms. The summed E-state index contributed by atoms with van der Waals surface area (Å²) in [6, 6.07) is 9.22. The number of amides is 4. The maximum absolute atomic E-state index is 12.6. The number of benzene rings is 1. The van der Waals surface area contributed by atoms with E-state index < -0.39 is 17.5 Å². The molecule has 2 saturated heterocycles. The van der Waals surface area contributed by atoms with E-state index in [4.69, 9.17) is 0 Å². The van der Waals surface area contributed by atoms with Gasteiger partial charge in [-0.15, -0.1) is 0 Å². The van der Waals surface area contributed by atoms with E-state index in [1.165, 1.54) is 0 Å². The largest absolute Gasteiger partial charge is 0.344 e. The van der Waals surface area contributed by atoms with Gasteiger partial charge in [-0.3, -0.25) is 19.9 Å². The summed E-state index contributed by atoms with van der Waals surface area (Å²) in [4.78, 5) is 38.9. The van der Waals surface area contributed by atoms with Crippen LogP contribution < -0.4 is 10.7 Å². The summed E-state index contributed by atoms with van der Waals surface area (Å²) in [5.41, 5.74) is 2.54. The van der Waals surface area contributed by atoms with Gasteiger partial charge in [0.1, 0.15) is 5.54 Å². The molecule has 2 heterocycles. The summed E-state index contributed by atoms with van der Waals surface area (Å²) >= 11 is 0. The first-order chi connectivity index (χ1) is 12.0. The number of hydrogen-bond donors (Lipinski definition) is 2. The number of hydrogen-bond acceptors (Lipinski definition) is 4. The molecule has 134 valence electrons. The predicted octanol–water partition coefficient (Wildman–Crippen LogP) is 1.06. The van der Waals surface area contributed by atoms with Gasteiger partial charge < -0.3 is 5.32 Å². The number of carbonyl (C=O) groups excluding carboxylic acids is 3. The van der Waals surface area contributed by atoms with Gasteiger partial charge in [0.2, 0.25) is 0 Å². The summed E-state index contributed by atoms with van der Waals surface area (Å²) in [7, 11) is 0. The molecule has 0 unspecified atom stereocenters. The van der Waals surface area contributed by atoms with Crippen LogP contribution in [0.4, 0.5) is 4.79 Å². The summed E-state index contributed by atoms with van der Waals surface area (Å²) in [6.45, 7) is 3.66. The molecule has 3 rings (SSSR count). The number of nitrogens with one attached hydrogen (secondary N) is 2. The fraction of sp³-hybridized carbons (Fsp3) is 0.500. The number of imide groups is 1. The minimum absolute atomic E-state index is 0.206. The van der Waals surface area contributed by atoms with Gasteiger partial charge in [-0.25, -0.2) is 4.79 Å². The van der Waals surface area contributed by atoms with Crippen LogP contribution in [-0.2, 0) is 16.0 Å². The fourth-order valence-electron chi connectivity index (χ4n) is 3.30. The number of likely N-dealkylation sites (tertiary alicyclic amines) is 1. The molecule has 2 N–H and O–H groups in total. The Labute approximate surface area is 147 Å². The second kappa shape index (κ2) is 7.23. The maximum Gasteiger partial charge on any atom is 0.344 e. The van der Waals surface area contributed by atoms with Gasteiger partial charge in [-0.05, 0) is 51.3 Å². The first-order valence-electron chi connectivity index (χ1n) is 8.70. The van der Waals surface area contributed by atoms with Crippen LogP contribution in [0.25, 0.3) is 0 Å². The van der Waals surface area contributed by atoms with E-state index >= 15 is 0 Å². The van der Waals surface area contributed by atoms with Crippen LogP contribution in [0.15, 0.2) is 30.3 Å². The minimum atomic E-state index is -1.01. The molecule has 0 aromatic heterocycles. The first kappa shape index (κ1) is 17.4. The van der Waals surface area contributed by atoms with Crippen molar-refractivity contribution in [1.29, 1.82) is 0 Å². The highest BCUT2D eigenvalue weighted by Crippen LogP contribution is 2.22. The van der Waals surface area contributed by atoms with E-state index in [-0.39, 0.29) is 12.5 Å². The van der Waals surface area contributed by atoms with Crippen molar-refractivity contribution >= 4 is 17.8 Å². The monoisotopic (exact) mass is 344 g/mol. The Bertz CT molecular complexity index is 658. The molecule has 2 aliphatic rings. The summed E-state index contributed by atoms with van der Waals surface area (Å²) < 4.78 is 0. The molecule has 2 fully saturated rings. The third-order valence-electron chi connectivity index (χ3n) is 4.82. The normalized spacial score (nSPS) is 23.8. The number of rotatable bonds is 6. The minimum Gasteiger partial charge on any atom is -0.322 e. The molecule has 1 aromatic rings. The summed E-state index contributed by atoms with van der Waals surface area (Å²) in [6.07, 6.45) is 3.29. The highest BCUT2D eigenvalue weighted by Gasteiger charge is 2.48. The van der Waals surface area contributed by atoms with Crippen molar-refractivity contribution < 1.29 is 14.4 Å². The Morgan fingerprint density at radius 1 is 1.20 bits per heavy atom. The third-order valence-corrected chi connectivity index (χ3v) is 4.82. The Morgan fingerprint density at radius 3 is 2.56 bits per heavy atom. The highest BCUT2D eigenvalue weighted by atomic mass is 16.2. The lowest BCUT2D eigenvalue weighted by molar-refractivity contribution is -0.139. The van der Waals surface area contributed by atoms with E-state index in [0.717, 1.165) is 36.5 Å². The Morgan fingerprint density at radius 2 is 1.88 bits per heavy atom. The van der Waals surface area contributed by atoms with Gasteiger partial charge in [-0.1, -0.05) is 30.3 Å². The second-order valence-electron chi connectivity index (χ2n) is 6.91. The molecule has 0 aliphatic carbocycles. The summed E-state index contributed by atoms with van der Waals surface area (Å²) in [5, 5.41) is 3.53. The van der Waals surface area contributed by atoms with Crippen molar-refractivity contribution in [2.75, 3.05) is 19.6 Å². The van der Waals surface area contributed by atoms with Crippen molar-refractivity contribution in [3.8, 4) is 0 Å². The number of nitrogens with zero attached hydrogens (tertiary/aromatic N) is 2. The van der Waals surface area contributed by atoms with Crippen molar-refractivity contribution in [3.63, 3.8) is 0 Å². The van der Waals surface area contributed by atoms with Gasteiger partial charge in [0.15, 0.2) is 0 Å². The van der Waals surface area contributed by atoms with Crippen LogP contribution in [0, 0.1) is 0 Å². The van der Waals surface area contributed by atoms with Gasteiger partial charge >= 0.3 is 6.03 Å². The molecule has 7 heteroatoms. The highest BCUT2D eigenvalue weighted by molar-refractivity contribution is 6.07. The molecule has 1 aromatic carbocycles. The van der Waals surface area contributed by atoms with Crippen molar-refractivity contribution in [2.24, 2.45) is 0 Å². The molecule has 2 aliphatic heterocycles. The van der Waals surface area contributed by atoms with Crippen LogP contribution in [-0.4, -0.2) is 52.9 Å². The Kier molecular flexibility index (Phi) is 5.03. The van der Waals surface area contributed by atoms with E-state index in [2.05, 4.69) is 10.7 Å². The topological polar surface area (TPSA) is 81.8 Å². The number of hydrazine groups is 1. The lowest BCUT2D eigenvalue weighted by Crippen LogP contribution is -2.51. The van der Waals surface area contributed by atoms with Gasteiger partial charge in [0.25, 0.3) is 11.8 Å². The predicted molar refractivity (Wildman–Crippen MR) is 92.4 cm³/mol. The molecule has 25 heavy (non-hydrogen) atoms. The van der Waals surface area contributed by atoms with Crippen LogP contribution in [0.3, 0.4) is 0 Å². The van der Waals surface area contributed by atoms with Crippen LogP contribution in [0.5, 0.6) is 0 Å². The number of urea groups is 1. The molecule has 0 radical (unpaired) electrons. The molecular weight excluding hydrogens is 320 g/mol. The third kappa shape index (κ3) is 3.99. The van der Waals surface area contributed by atoms with E-state index in [9.17, 15) is 14.4 Å². The smallest absolute Gasteiger partial charge is 0.322 e. The van der Waals surface area contributed by atoms with Gasteiger partial charge in [0.05, 0.1) is 6.54 Å². The Hall–Kier alpha value is -2.41. The average Bonchev–Trinajstić information content (AvgIpc) is 3.17. The molecule has 1 atom stereocenters. The Balaban J connectivity index is 1.57. The van der Waals surface area contributed by atoms with E-state index in [0.29, 0.717) is 12.8 Å². The maximum atomic E-state index is 12.6. The quantitative estimate of drug-likeness (QED) is 0.756. The van der Waals surface area contributed by atoms with Crippen LogP contribution in [0.2, 0.25) is 0 Å². The van der Waals surface area contributed by atoms with Gasteiger partial charge in [-0.2, -0.15) is 5.01 Å². The zero-order chi connectivity index (χ0) is 17.9. The molecule has 7 nitrogen and oxygen atoms in total. The summed E-state index contributed by atoms with van der Waals surface area (Å²) in [5.74, 6) is -0.749. The zero-order valence-electron chi connectivity index (χ0n) is 14.5. The van der Waals surface area contributed by atoms with Crippen molar-refractivity contribution in [3.05, 3.63) is 35.9 Å². The van der Waals surface area contributed by atoms with Crippen molar-refractivity contribution in [1.82, 2.24) is 20.7 Å². The SMILES string of the molecule is C[C@@]1(CCc2ccccc2)NC(=O)N(NC(=O)CN2CCCC2)C1=O. The average molecular weight is 344 g/mol. The molecule has 0 bridgehead atoms. The fourth-order valence-corrected chi connectivity index (χ4v) is 3.30. The lowest BCUT2D eigenvalue weighted by atomic mass is 9.93. The zero-order valence-corrected chi connectivity index (χ0v) is 14.5. The number of aryl methyl sites for hydroxylation is 1. The van der Waals surface area contributed by atoms with Crippen LogP contribution in [0.1, 0.15) is 31.7 Å². The van der Waals surface area contributed by atoms with Crippen molar-refractivity contribution in [2.45, 2.75) is 38.1 Å².